The molecule has 0 bridgehead atoms. The van der Waals surface area contributed by atoms with Gasteiger partial charge in [-0.2, -0.15) is 5.26 Å². The third-order valence-corrected chi connectivity index (χ3v) is 4.76. The second-order valence-corrected chi connectivity index (χ2v) is 6.98. The number of amides is 1. The summed E-state index contributed by atoms with van der Waals surface area (Å²) in [4.78, 5) is 27.8. The molecule has 2 unspecified atom stereocenters. The number of esters is 1. The molecule has 1 aromatic heterocycles. The predicted molar refractivity (Wildman–Crippen MR) is 103 cm³/mol. The lowest BCUT2D eigenvalue weighted by atomic mass is 9.90. The summed E-state index contributed by atoms with van der Waals surface area (Å²) in [5.74, 6) is -0.244. The van der Waals surface area contributed by atoms with Gasteiger partial charge in [-0.25, -0.2) is 4.79 Å². The minimum atomic E-state index is -1.07. The summed E-state index contributed by atoms with van der Waals surface area (Å²) in [6, 6.07) is 7.13. The van der Waals surface area contributed by atoms with Crippen LogP contribution in [-0.2, 0) is 9.53 Å². The van der Waals surface area contributed by atoms with E-state index in [0.717, 1.165) is 0 Å². The van der Waals surface area contributed by atoms with Gasteiger partial charge in [0.1, 0.15) is 22.7 Å². The molecule has 2 N–H and O–H groups in total. The van der Waals surface area contributed by atoms with Gasteiger partial charge in [0.15, 0.2) is 6.10 Å². The Balaban J connectivity index is 2.18. The maximum atomic E-state index is 12.5. The minimum Gasteiger partial charge on any atom is -0.497 e. The normalized spacial score (nSPS) is 14.1. The van der Waals surface area contributed by atoms with Crippen LogP contribution in [-0.4, -0.2) is 42.7 Å². The fraction of sp³-hybridized carbons (Fsp3) is 0.450. The van der Waals surface area contributed by atoms with Crippen molar-refractivity contribution in [2.75, 3.05) is 14.2 Å². The van der Waals surface area contributed by atoms with E-state index in [1.54, 1.807) is 25.1 Å². The molecule has 8 nitrogen and oxygen atoms in total. The van der Waals surface area contributed by atoms with Crippen molar-refractivity contribution in [1.29, 1.82) is 5.26 Å². The Bertz CT molecular complexity index is 928. The number of H-pyrrole nitrogens is 1. The molecule has 0 fully saturated rings. The number of ether oxygens (including phenoxy) is 3. The molecule has 0 aliphatic heterocycles. The highest BCUT2D eigenvalue weighted by Gasteiger charge is 2.32. The van der Waals surface area contributed by atoms with E-state index in [-0.39, 0.29) is 11.6 Å². The van der Waals surface area contributed by atoms with E-state index < -0.39 is 23.5 Å². The molecule has 0 saturated heterocycles. The first-order valence-electron chi connectivity index (χ1n) is 8.84. The van der Waals surface area contributed by atoms with Crippen molar-refractivity contribution in [2.45, 2.75) is 39.3 Å². The monoisotopic (exact) mass is 387 g/mol. The van der Waals surface area contributed by atoms with Gasteiger partial charge in [-0.3, -0.25) is 4.79 Å². The van der Waals surface area contributed by atoms with Gasteiger partial charge in [-0.15, -0.1) is 0 Å². The zero-order valence-electron chi connectivity index (χ0n) is 16.9. The highest BCUT2D eigenvalue weighted by atomic mass is 16.5. The van der Waals surface area contributed by atoms with Crippen LogP contribution in [0.5, 0.6) is 11.5 Å². The molecule has 0 spiro atoms. The van der Waals surface area contributed by atoms with Gasteiger partial charge in [0, 0.05) is 11.5 Å². The fourth-order valence-corrected chi connectivity index (χ4v) is 2.51. The van der Waals surface area contributed by atoms with Crippen molar-refractivity contribution in [3.05, 3.63) is 23.9 Å². The Hall–Kier alpha value is -3.21. The predicted octanol–water partition coefficient (Wildman–Crippen LogP) is 2.78. The Morgan fingerprint density at radius 1 is 1.18 bits per heavy atom. The zero-order valence-corrected chi connectivity index (χ0v) is 16.9. The number of hydrogen-bond donors (Lipinski definition) is 2. The van der Waals surface area contributed by atoms with Crippen LogP contribution in [0, 0.1) is 17.2 Å². The summed E-state index contributed by atoms with van der Waals surface area (Å²) < 4.78 is 15.8. The summed E-state index contributed by atoms with van der Waals surface area (Å²) in [7, 11) is 3.05. The molecule has 0 aliphatic carbocycles. The first-order chi connectivity index (χ1) is 13.1. The van der Waals surface area contributed by atoms with E-state index in [9.17, 15) is 14.9 Å². The van der Waals surface area contributed by atoms with E-state index in [1.165, 1.54) is 21.1 Å². The Morgan fingerprint density at radius 3 is 2.39 bits per heavy atom. The van der Waals surface area contributed by atoms with E-state index in [2.05, 4.69) is 16.4 Å². The molecule has 2 atom stereocenters. The van der Waals surface area contributed by atoms with E-state index in [4.69, 9.17) is 14.2 Å². The molecule has 0 radical (unpaired) electrons. The molecule has 150 valence electrons. The van der Waals surface area contributed by atoms with Crippen LogP contribution in [0.3, 0.4) is 0 Å². The van der Waals surface area contributed by atoms with Gasteiger partial charge >= 0.3 is 5.97 Å². The molecule has 2 aromatic rings. The van der Waals surface area contributed by atoms with Gasteiger partial charge in [0.05, 0.1) is 25.8 Å². The van der Waals surface area contributed by atoms with Gasteiger partial charge in [-0.05, 0) is 31.9 Å². The molecule has 0 saturated carbocycles. The number of carbonyl (C=O) groups is 2. The van der Waals surface area contributed by atoms with E-state index >= 15 is 0 Å². The first-order valence-corrected chi connectivity index (χ1v) is 8.84. The van der Waals surface area contributed by atoms with Crippen molar-refractivity contribution < 1.29 is 23.8 Å². The maximum absolute atomic E-state index is 12.5. The average Bonchev–Trinajstić information content (AvgIpc) is 3.10. The van der Waals surface area contributed by atoms with Gasteiger partial charge in [0.2, 0.25) is 0 Å². The molecular formula is C20H25N3O5. The van der Waals surface area contributed by atoms with E-state index in [1.807, 2.05) is 13.8 Å². The number of aromatic amines is 1. The number of carbonyl (C=O) groups excluding carboxylic acids is 2. The summed E-state index contributed by atoms with van der Waals surface area (Å²) >= 11 is 0. The molecule has 2 rings (SSSR count). The number of hydrogen-bond acceptors (Lipinski definition) is 6. The SMILES string of the molecule is COc1cc(OC)c2[nH]c(C(=O)OC(C)C(=O)NC(C)(C#N)C(C)C)cc2c1. The number of rotatable bonds is 7. The van der Waals surface area contributed by atoms with Gasteiger partial charge < -0.3 is 24.5 Å². The number of nitriles is 1. The number of nitrogens with one attached hydrogen (secondary N) is 2. The van der Waals surface area contributed by atoms with Crippen molar-refractivity contribution in [2.24, 2.45) is 5.92 Å². The van der Waals surface area contributed by atoms with Crippen molar-refractivity contribution in [1.82, 2.24) is 10.3 Å². The smallest absolute Gasteiger partial charge is 0.355 e. The molecule has 1 heterocycles. The minimum absolute atomic E-state index is 0.111. The lowest BCUT2D eigenvalue weighted by Gasteiger charge is -2.28. The molecule has 8 heteroatoms. The van der Waals surface area contributed by atoms with E-state index in [0.29, 0.717) is 22.4 Å². The molecular weight excluding hydrogens is 362 g/mol. The summed E-state index contributed by atoms with van der Waals surface area (Å²) in [5, 5.41) is 12.7. The van der Waals surface area contributed by atoms with Gasteiger partial charge in [0.25, 0.3) is 5.91 Å². The number of methoxy groups -OCH3 is 2. The number of benzene rings is 1. The van der Waals surface area contributed by atoms with Crippen LogP contribution in [0.4, 0.5) is 0 Å². The highest BCUT2D eigenvalue weighted by Crippen LogP contribution is 2.31. The Morgan fingerprint density at radius 2 is 1.86 bits per heavy atom. The third-order valence-electron chi connectivity index (χ3n) is 4.76. The topological polar surface area (TPSA) is 113 Å². The zero-order chi connectivity index (χ0) is 21.1. The second-order valence-electron chi connectivity index (χ2n) is 6.98. The molecule has 0 aliphatic rings. The van der Waals surface area contributed by atoms with Crippen LogP contribution in [0.25, 0.3) is 10.9 Å². The second kappa shape index (κ2) is 8.21. The fourth-order valence-electron chi connectivity index (χ4n) is 2.51. The molecule has 1 amide bonds. The van der Waals surface area contributed by atoms with Crippen molar-refractivity contribution in [3.8, 4) is 17.6 Å². The lowest BCUT2D eigenvalue weighted by Crippen LogP contribution is -2.52. The summed E-state index contributed by atoms with van der Waals surface area (Å²) in [6.45, 7) is 6.73. The van der Waals surface area contributed by atoms with Gasteiger partial charge in [-0.1, -0.05) is 13.8 Å². The maximum Gasteiger partial charge on any atom is 0.355 e. The average molecular weight is 387 g/mol. The number of fused-ring (bicyclic) bond motifs is 1. The third kappa shape index (κ3) is 4.19. The van der Waals surface area contributed by atoms with Crippen molar-refractivity contribution >= 4 is 22.8 Å². The largest absolute Gasteiger partial charge is 0.497 e. The summed E-state index contributed by atoms with van der Waals surface area (Å²) in [5.41, 5.74) is -0.264. The van der Waals surface area contributed by atoms with Crippen LogP contribution in [0.15, 0.2) is 18.2 Å². The van der Waals surface area contributed by atoms with Crippen LogP contribution in [0.2, 0.25) is 0 Å². The van der Waals surface area contributed by atoms with Crippen LogP contribution in [0.1, 0.15) is 38.2 Å². The first kappa shape index (κ1) is 21.1. The molecule has 1 aromatic carbocycles. The highest BCUT2D eigenvalue weighted by molar-refractivity contribution is 5.98. The summed E-state index contributed by atoms with van der Waals surface area (Å²) in [6.07, 6.45) is -1.07. The van der Waals surface area contributed by atoms with Crippen LogP contribution < -0.4 is 14.8 Å². The number of aromatic nitrogens is 1. The quantitative estimate of drug-likeness (QED) is 0.706. The van der Waals surface area contributed by atoms with Crippen LogP contribution >= 0.6 is 0 Å². The Kier molecular flexibility index (Phi) is 6.19. The molecule has 28 heavy (non-hydrogen) atoms. The number of nitrogens with zero attached hydrogens (tertiary/aromatic N) is 1. The van der Waals surface area contributed by atoms with Crippen molar-refractivity contribution in [3.63, 3.8) is 0 Å². The Labute approximate surface area is 163 Å². The standard InChI is InChI=1S/C20H25N3O5/c1-11(2)20(4,10-21)23-18(24)12(3)28-19(25)15-8-13-7-14(26-5)9-16(27-6)17(13)22-15/h7-9,11-12,22H,1-6H3,(H,23,24). The lowest BCUT2D eigenvalue weighted by molar-refractivity contribution is -0.130.